The molecule has 0 radical (unpaired) electrons. The van der Waals surface area contributed by atoms with Crippen LogP contribution in [0.25, 0.3) is 92.7 Å². The number of aromatic nitrogens is 6. The highest BCUT2D eigenvalue weighted by atomic mass is 19.2. The molecule has 47 heteroatoms. The number of nitrogens with zero attached hydrogens (tertiary/aromatic N) is 26. The van der Waals surface area contributed by atoms with Gasteiger partial charge in [-0.05, 0) is 22.8 Å². The second-order valence-electron chi connectivity index (χ2n) is 22.1. The summed E-state index contributed by atoms with van der Waals surface area (Å²) in [5.41, 5.74) is -27.8. The highest BCUT2D eigenvalue weighted by molar-refractivity contribution is 6.18. The number of fused-ring (bicyclic) bond motifs is 7. The van der Waals surface area contributed by atoms with Crippen molar-refractivity contribution in [1.29, 1.82) is 94.7 Å². The quantitative estimate of drug-likeness (QED) is 0.0521. The summed E-state index contributed by atoms with van der Waals surface area (Å²) >= 11 is 0. The minimum Gasteiger partial charge on any atom is -0.237 e. The van der Waals surface area contributed by atoms with E-state index in [0.717, 1.165) is 60.7 Å². The normalized spacial score (nSPS) is 11.6. The summed E-state index contributed by atoms with van der Waals surface area (Å²) in [4.78, 5) is 29.5. The third-order valence-corrected chi connectivity index (χ3v) is 16.1. The van der Waals surface area contributed by atoms with E-state index in [1.165, 1.54) is 12.1 Å². The number of allylic oxidation sites excluding steroid dienone is 5. The molecule has 0 atom stereocenters. The molecule has 10 aromatic rings. The van der Waals surface area contributed by atoms with E-state index >= 15 is 26.3 Å². The van der Waals surface area contributed by atoms with Gasteiger partial charge >= 0.3 is 0 Å². The maximum Gasteiger partial charge on any atom is 0.262 e. The monoisotopic (exact) mass is 1680 g/mol. The molecule has 0 N–H and O–H groups in total. The standard InChI is InChI=1S/C30F12N6.C18N12.C16HF5N4.C12F4N4/c1-47-29(16-25(39)19(33)10(6-46)20(34)26(16)40)15-11(7(3-43)13-21(35)17(31)9(5-45)18(32)22(13)36)12(15)8(4-44)14-23(37)27(41)30(48-2)28(42)24(14)38;19-1-7-8(2-20)26-14-13(25-7)15-17(29-10(4-22)9(3-21)27-15)18-16(14)28-11(5-23)12(6-24)30-18;17-12-8(6(2-22)3-23)1-9-11(16(12)21)14(19)10(7(4-24)5-25)15(20)13(9)18;13-9-7(5(1-17)2-18)10(14)12(16)8(11(9)15)6(3-19)4-20/h;;1H;. The Morgan fingerprint density at radius 2 is 0.520 bits per heavy atom. The second-order valence-corrected chi connectivity index (χ2v) is 22.1. The second kappa shape index (κ2) is 35.1. The van der Waals surface area contributed by atoms with Crippen LogP contribution in [0, 0.1) is 339 Å². The van der Waals surface area contributed by atoms with E-state index in [4.69, 9.17) is 65.8 Å². The van der Waals surface area contributed by atoms with Gasteiger partial charge in [0.25, 0.3) is 5.69 Å². The summed E-state index contributed by atoms with van der Waals surface area (Å²) in [5.74, 6) is -47.4. The first-order chi connectivity index (χ1) is 58.5. The van der Waals surface area contributed by atoms with Gasteiger partial charge < -0.3 is 0 Å². The van der Waals surface area contributed by atoms with E-state index in [1.807, 2.05) is 0 Å². The Morgan fingerprint density at radius 1 is 0.260 bits per heavy atom. The van der Waals surface area contributed by atoms with Crippen molar-refractivity contribution < 1.29 is 92.2 Å². The lowest BCUT2D eigenvalue weighted by Gasteiger charge is -2.09. The Bertz CT molecular complexity index is 7210. The molecule has 1 aliphatic rings. The lowest BCUT2D eigenvalue weighted by molar-refractivity contribution is 0.434. The summed E-state index contributed by atoms with van der Waals surface area (Å²) < 4.78 is 303. The van der Waals surface area contributed by atoms with Crippen molar-refractivity contribution >= 4 is 88.7 Å². The van der Waals surface area contributed by atoms with Gasteiger partial charge in [-0.3, -0.25) is 0 Å². The predicted octanol–water partition coefficient (Wildman–Crippen LogP) is 11.6. The molecule has 1 fully saturated rings. The molecule has 1 saturated carbocycles. The summed E-state index contributed by atoms with van der Waals surface area (Å²) in [5, 5.41) is 154. The van der Waals surface area contributed by atoms with Gasteiger partial charge in [-0.25, -0.2) is 132 Å². The average Bonchev–Trinajstić information content (AvgIpc) is 1.56. The zero-order chi connectivity index (χ0) is 91.8. The fourth-order valence-corrected chi connectivity index (χ4v) is 10.7. The fourth-order valence-electron chi connectivity index (χ4n) is 10.7. The first-order valence-corrected chi connectivity index (χ1v) is 30.4. The number of benzene rings is 7. The first-order valence-electron chi connectivity index (χ1n) is 30.4. The average molecular weight is 1680 g/mol. The third-order valence-electron chi connectivity index (χ3n) is 16.1. The highest BCUT2D eigenvalue weighted by Crippen LogP contribution is 2.58. The summed E-state index contributed by atoms with van der Waals surface area (Å²) in [6, 6.07) is 23.5. The number of hydrogen-bond acceptors (Lipinski definition) is 24. The van der Waals surface area contributed by atoms with Crippen LogP contribution >= 0.6 is 0 Å². The zero-order valence-corrected chi connectivity index (χ0v) is 57.6. The number of rotatable bonds is 3. The van der Waals surface area contributed by atoms with Crippen LogP contribution in [0.3, 0.4) is 0 Å². The van der Waals surface area contributed by atoms with E-state index < -0.39 is 243 Å². The predicted molar refractivity (Wildman–Crippen MR) is 354 cm³/mol. The number of halogens is 21. The molecule has 0 spiro atoms. The zero-order valence-electron chi connectivity index (χ0n) is 57.6. The van der Waals surface area contributed by atoms with Crippen molar-refractivity contribution in [3.05, 3.63) is 251 Å². The molecule has 3 aromatic heterocycles. The van der Waals surface area contributed by atoms with Gasteiger partial charge in [0.2, 0.25) is 5.70 Å². The smallest absolute Gasteiger partial charge is 0.237 e. The summed E-state index contributed by atoms with van der Waals surface area (Å²) in [6.45, 7) is 14.1. The van der Waals surface area contributed by atoms with E-state index in [9.17, 15) is 108 Å². The van der Waals surface area contributed by atoms with Gasteiger partial charge in [0.1, 0.15) is 182 Å². The van der Waals surface area contributed by atoms with Gasteiger partial charge in [0.05, 0.1) is 62.0 Å². The minimum absolute atomic E-state index is 0.0237. The van der Waals surface area contributed by atoms with Crippen LogP contribution in [0.15, 0.2) is 22.8 Å². The van der Waals surface area contributed by atoms with Gasteiger partial charge in [-0.1, -0.05) is 0 Å². The highest BCUT2D eigenvalue weighted by Gasteiger charge is 2.47. The van der Waals surface area contributed by atoms with Crippen LogP contribution in [0.5, 0.6) is 0 Å². The van der Waals surface area contributed by atoms with Crippen LogP contribution in [-0.2, 0) is 0 Å². The van der Waals surface area contributed by atoms with E-state index in [-0.39, 0.29) is 67.3 Å². The summed E-state index contributed by atoms with van der Waals surface area (Å²) in [6.07, 6.45) is 0. The topological polar surface area (TPSA) is 514 Å². The van der Waals surface area contributed by atoms with E-state index in [2.05, 4.69) is 39.6 Å². The van der Waals surface area contributed by atoms with Crippen molar-refractivity contribution in [1.82, 2.24) is 29.9 Å². The van der Waals surface area contributed by atoms with Gasteiger partial charge in [-0.2, -0.15) is 94.7 Å². The Labute approximate surface area is 663 Å². The molecular weight excluding hydrogens is 1680 g/mol. The minimum atomic E-state index is -2.52. The Kier molecular flexibility index (Phi) is 25.2. The molecule has 0 saturated heterocycles. The molecule has 582 valence electrons. The molecule has 0 aliphatic heterocycles. The SMILES string of the molecule is N#CC(C#N)=c1c(F)c(F)c(=C(C#N)C#N)c(F)c1F.N#CC(C#N)=c1cc2c(F)c(F)c(=C(C#N)C#N)c(F)c2c(F)c1F.N#Cc1nc2c3nc(C#N)c(C#N)nc3c3nc(C#N)c(C#N)nc3c2nc1C#N.[C-]#[N+]C(=C1C(=C(C#N)c2c(F)c(F)c(C#N)c(F)c2F)C1=C(C#N)c1c(F)c(F)c([N+]#[C-])c(F)c1F)c1c(F)c(F)c(C#N)c(F)c1F. The lowest BCUT2D eigenvalue weighted by Crippen LogP contribution is -2.31. The van der Waals surface area contributed by atoms with Crippen molar-refractivity contribution in [2.75, 3.05) is 0 Å². The molecule has 0 unspecified atom stereocenters. The van der Waals surface area contributed by atoms with Crippen LogP contribution < -0.4 is 20.9 Å². The molecule has 11 rings (SSSR count). The van der Waals surface area contributed by atoms with Crippen molar-refractivity contribution in [3.63, 3.8) is 0 Å². The van der Waals surface area contributed by atoms with Gasteiger partial charge in [-0.15, -0.1) is 0 Å². The Morgan fingerprint density at radius 3 is 0.764 bits per heavy atom. The largest absolute Gasteiger partial charge is 0.262 e. The molecule has 3 heterocycles. The molecule has 0 bridgehead atoms. The maximum absolute atomic E-state index is 15.0. The maximum atomic E-state index is 15.0. The van der Waals surface area contributed by atoms with Crippen LogP contribution in [0.2, 0.25) is 0 Å². The third kappa shape index (κ3) is 14.4. The Hall–Kier alpha value is -20.1. The molecular formula is C76HF21N26. The van der Waals surface area contributed by atoms with Gasteiger partial charge in [0, 0.05) is 10.6 Å². The summed E-state index contributed by atoms with van der Waals surface area (Å²) in [7, 11) is 0. The van der Waals surface area contributed by atoms with Crippen LogP contribution in [0.4, 0.5) is 97.9 Å². The molecule has 7 aromatic carbocycles. The van der Waals surface area contributed by atoms with Crippen molar-refractivity contribution in [3.8, 4) is 109 Å². The van der Waals surface area contributed by atoms with E-state index in [1.54, 1.807) is 36.4 Å². The molecule has 0 amide bonds. The molecule has 1 aliphatic carbocycles. The van der Waals surface area contributed by atoms with Gasteiger partial charge in [0.15, 0.2) is 151 Å². The van der Waals surface area contributed by atoms with Crippen LogP contribution in [-0.4, -0.2) is 29.9 Å². The van der Waals surface area contributed by atoms with Crippen molar-refractivity contribution in [2.24, 2.45) is 0 Å². The molecule has 123 heavy (non-hydrogen) atoms. The number of hydrogen-bond donors (Lipinski definition) is 0. The van der Waals surface area contributed by atoms with Crippen molar-refractivity contribution in [2.45, 2.75) is 0 Å². The lowest BCUT2D eigenvalue weighted by atomic mass is 9.99. The molecule has 26 nitrogen and oxygen atoms in total. The Balaban J connectivity index is 0.000000216. The first kappa shape index (κ1) is 88.4. The fraction of sp³-hybridized carbons (Fsp3) is 0. The van der Waals surface area contributed by atoms with E-state index in [0.29, 0.717) is 6.07 Å². The number of nitriles is 18. The van der Waals surface area contributed by atoms with Crippen LogP contribution in [0.1, 0.15) is 62.0 Å².